The summed E-state index contributed by atoms with van der Waals surface area (Å²) in [5.41, 5.74) is 4.56. The van der Waals surface area contributed by atoms with Gasteiger partial charge < -0.3 is 20.2 Å². The van der Waals surface area contributed by atoms with Gasteiger partial charge in [0.25, 0.3) is 5.91 Å². The van der Waals surface area contributed by atoms with Crippen molar-refractivity contribution in [2.75, 3.05) is 5.32 Å². The maximum atomic E-state index is 13.2. The van der Waals surface area contributed by atoms with Crippen molar-refractivity contribution >= 4 is 22.6 Å². The van der Waals surface area contributed by atoms with Gasteiger partial charge in [0.2, 0.25) is 0 Å². The summed E-state index contributed by atoms with van der Waals surface area (Å²) >= 11 is 0. The number of hydrogen-bond donors (Lipinski definition) is 3. The summed E-state index contributed by atoms with van der Waals surface area (Å²) in [6.07, 6.45) is 10.1. The number of carbonyl (C=O) groups excluding carboxylic acids is 1. The first-order valence-electron chi connectivity index (χ1n) is 12.2. The highest BCUT2D eigenvalue weighted by molar-refractivity contribution is 6.04. The van der Waals surface area contributed by atoms with Crippen molar-refractivity contribution in [2.24, 2.45) is 13.0 Å². The molecule has 0 aromatic carbocycles. The van der Waals surface area contributed by atoms with Crippen LogP contribution in [0.25, 0.3) is 11.0 Å². The number of H-pyrrole nitrogens is 1. The molecular formula is C26H32N8O. The second-order valence-electron chi connectivity index (χ2n) is 9.87. The molecule has 4 aromatic heterocycles. The van der Waals surface area contributed by atoms with E-state index in [9.17, 15) is 4.79 Å². The SMILES string of the molecule is CC[C@H](C)NCc1cc(C(=O)Nc2cncc(C3(c4nncn4C)CC(C)C3)c2)nc2cc[nH]c12. The number of amides is 1. The van der Waals surface area contributed by atoms with Crippen molar-refractivity contribution < 1.29 is 4.79 Å². The van der Waals surface area contributed by atoms with Crippen molar-refractivity contribution in [1.29, 1.82) is 0 Å². The molecule has 182 valence electrons. The van der Waals surface area contributed by atoms with Crippen molar-refractivity contribution in [3.63, 3.8) is 0 Å². The molecule has 1 amide bonds. The molecule has 9 heteroatoms. The average Bonchev–Trinajstić information content (AvgIpc) is 3.49. The van der Waals surface area contributed by atoms with Crippen LogP contribution in [0.2, 0.25) is 0 Å². The maximum absolute atomic E-state index is 13.2. The monoisotopic (exact) mass is 472 g/mol. The Hall–Kier alpha value is -3.59. The fraction of sp³-hybridized carbons (Fsp3) is 0.423. The number of nitrogens with zero attached hydrogens (tertiary/aromatic N) is 5. The normalized spacial score (nSPS) is 20.5. The fourth-order valence-electron chi connectivity index (χ4n) is 5.15. The predicted molar refractivity (Wildman–Crippen MR) is 135 cm³/mol. The third-order valence-corrected chi connectivity index (χ3v) is 7.17. The van der Waals surface area contributed by atoms with E-state index < -0.39 is 0 Å². The molecule has 3 N–H and O–H groups in total. The highest BCUT2D eigenvalue weighted by Crippen LogP contribution is 2.51. The molecule has 1 atom stereocenters. The first kappa shape index (κ1) is 23.2. The van der Waals surface area contributed by atoms with E-state index in [0.717, 1.165) is 47.2 Å². The van der Waals surface area contributed by atoms with E-state index in [-0.39, 0.29) is 11.3 Å². The number of fused-ring (bicyclic) bond motifs is 1. The van der Waals surface area contributed by atoms with Gasteiger partial charge in [0, 0.05) is 32.0 Å². The van der Waals surface area contributed by atoms with Crippen LogP contribution in [-0.2, 0) is 19.0 Å². The number of hydrogen-bond acceptors (Lipinski definition) is 6. The first-order chi connectivity index (χ1) is 16.9. The van der Waals surface area contributed by atoms with Gasteiger partial charge >= 0.3 is 0 Å². The lowest BCUT2D eigenvalue weighted by Crippen LogP contribution is -2.43. The van der Waals surface area contributed by atoms with E-state index in [2.05, 4.69) is 56.6 Å². The molecule has 0 saturated heterocycles. The van der Waals surface area contributed by atoms with E-state index in [0.29, 0.717) is 29.9 Å². The lowest BCUT2D eigenvalue weighted by atomic mass is 9.59. The zero-order valence-corrected chi connectivity index (χ0v) is 20.7. The fourth-order valence-corrected chi connectivity index (χ4v) is 5.15. The molecule has 1 aliphatic carbocycles. The molecule has 5 rings (SSSR count). The van der Waals surface area contributed by atoms with E-state index in [1.807, 2.05) is 42.2 Å². The Morgan fingerprint density at radius 2 is 2.14 bits per heavy atom. The molecule has 4 aromatic rings. The van der Waals surface area contributed by atoms with Crippen molar-refractivity contribution in [2.45, 2.75) is 58.0 Å². The summed E-state index contributed by atoms with van der Waals surface area (Å²) < 4.78 is 1.97. The zero-order chi connectivity index (χ0) is 24.6. The van der Waals surface area contributed by atoms with Gasteiger partial charge in [0.1, 0.15) is 17.8 Å². The second kappa shape index (κ2) is 9.22. The summed E-state index contributed by atoms with van der Waals surface area (Å²) in [7, 11) is 1.97. The van der Waals surface area contributed by atoms with Crippen LogP contribution in [0.15, 0.2) is 43.1 Å². The van der Waals surface area contributed by atoms with Gasteiger partial charge in [-0.2, -0.15) is 0 Å². The largest absolute Gasteiger partial charge is 0.360 e. The molecule has 35 heavy (non-hydrogen) atoms. The third kappa shape index (κ3) is 4.32. The minimum Gasteiger partial charge on any atom is -0.360 e. The molecule has 0 radical (unpaired) electrons. The molecule has 0 bridgehead atoms. The van der Waals surface area contributed by atoms with Gasteiger partial charge in [0.05, 0.1) is 28.3 Å². The summed E-state index contributed by atoms with van der Waals surface area (Å²) in [6, 6.07) is 6.14. The molecule has 0 unspecified atom stereocenters. The van der Waals surface area contributed by atoms with E-state index in [1.54, 1.807) is 12.5 Å². The number of aromatic nitrogens is 6. The predicted octanol–water partition coefficient (Wildman–Crippen LogP) is 3.94. The van der Waals surface area contributed by atoms with Crippen LogP contribution < -0.4 is 10.6 Å². The summed E-state index contributed by atoms with van der Waals surface area (Å²) in [6.45, 7) is 7.19. The van der Waals surface area contributed by atoms with Crippen LogP contribution in [0.5, 0.6) is 0 Å². The van der Waals surface area contributed by atoms with E-state index in [1.165, 1.54) is 0 Å². The zero-order valence-electron chi connectivity index (χ0n) is 20.7. The smallest absolute Gasteiger partial charge is 0.274 e. The Labute approximate surface area is 204 Å². The molecule has 1 fully saturated rings. The second-order valence-corrected chi connectivity index (χ2v) is 9.87. The number of anilines is 1. The molecule has 1 saturated carbocycles. The number of nitrogens with one attached hydrogen (secondary N) is 3. The molecular weight excluding hydrogens is 440 g/mol. The first-order valence-corrected chi connectivity index (χ1v) is 12.2. The Morgan fingerprint density at radius 3 is 2.86 bits per heavy atom. The number of aromatic amines is 1. The Bertz CT molecular complexity index is 1350. The highest BCUT2D eigenvalue weighted by atomic mass is 16.1. The minimum atomic E-state index is -0.258. The standard InChI is InChI=1S/C26H32N8O/c1-5-17(3)29-12-18-8-22(32-21-6-7-28-23(18)21)24(35)31-20-9-19(13-27-14-20)26(10-16(2)11-26)25-33-30-15-34(25)4/h6-9,13-17,28-29H,5,10-12H2,1-4H3,(H,31,35)/t16?,17-,26?/m0/s1. The molecule has 1 aliphatic rings. The lowest BCUT2D eigenvalue weighted by Gasteiger charge is -2.45. The molecule has 9 nitrogen and oxygen atoms in total. The van der Waals surface area contributed by atoms with E-state index >= 15 is 0 Å². The van der Waals surface area contributed by atoms with E-state index in [4.69, 9.17) is 0 Å². The summed E-state index contributed by atoms with van der Waals surface area (Å²) in [5, 5.41) is 15.0. The van der Waals surface area contributed by atoms with Crippen LogP contribution in [0.1, 0.15) is 67.5 Å². The minimum absolute atomic E-state index is 0.241. The van der Waals surface area contributed by atoms with Crippen molar-refractivity contribution in [3.8, 4) is 0 Å². The maximum Gasteiger partial charge on any atom is 0.274 e. The van der Waals surface area contributed by atoms with Gasteiger partial charge in [-0.1, -0.05) is 13.8 Å². The molecule has 4 heterocycles. The average molecular weight is 473 g/mol. The molecule has 0 aliphatic heterocycles. The lowest BCUT2D eigenvalue weighted by molar-refractivity contribution is 0.102. The van der Waals surface area contributed by atoms with Crippen LogP contribution in [0, 0.1) is 5.92 Å². The van der Waals surface area contributed by atoms with Crippen LogP contribution in [0.3, 0.4) is 0 Å². The van der Waals surface area contributed by atoms with Gasteiger partial charge in [-0.15, -0.1) is 10.2 Å². The number of aryl methyl sites for hydroxylation is 1. The summed E-state index contributed by atoms with van der Waals surface area (Å²) in [5.74, 6) is 1.26. The number of carbonyl (C=O) groups is 1. The van der Waals surface area contributed by atoms with Crippen LogP contribution in [0.4, 0.5) is 5.69 Å². The Balaban J connectivity index is 1.41. The van der Waals surface area contributed by atoms with Crippen LogP contribution in [-0.4, -0.2) is 41.7 Å². The quantitative estimate of drug-likeness (QED) is 0.358. The topological polar surface area (TPSA) is 113 Å². The Morgan fingerprint density at radius 1 is 1.31 bits per heavy atom. The number of rotatable bonds is 8. The summed E-state index contributed by atoms with van der Waals surface area (Å²) in [4.78, 5) is 25.5. The number of pyridine rings is 2. The van der Waals surface area contributed by atoms with Gasteiger partial charge in [0.15, 0.2) is 0 Å². The van der Waals surface area contributed by atoms with Crippen LogP contribution >= 0.6 is 0 Å². The van der Waals surface area contributed by atoms with Crippen molar-refractivity contribution in [3.05, 3.63) is 65.8 Å². The van der Waals surface area contributed by atoms with Gasteiger partial charge in [-0.25, -0.2) is 4.98 Å². The van der Waals surface area contributed by atoms with Gasteiger partial charge in [-0.05, 0) is 61.4 Å². The third-order valence-electron chi connectivity index (χ3n) is 7.17. The van der Waals surface area contributed by atoms with Gasteiger partial charge in [-0.3, -0.25) is 9.78 Å². The van der Waals surface area contributed by atoms with Crippen molar-refractivity contribution in [1.82, 2.24) is 35.0 Å². The Kier molecular flexibility index (Phi) is 6.10. The molecule has 0 spiro atoms. The highest BCUT2D eigenvalue weighted by Gasteiger charge is 2.48.